The van der Waals surface area contributed by atoms with E-state index in [1.165, 1.54) is 24.9 Å². The van der Waals surface area contributed by atoms with Crippen molar-refractivity contribution in [1.82, 2.24) is 0 Å². The number of hydrogen-bond acceptors (Lipinski definition) is 6. The molecular formula is C23H16ClF3N2O5S. The molecule has 12 heteroatoms. The number of carbonyl (C=O) groups excluding carboxylic acids is 1. The number of nitro benzene ring substituents is 1. The summed E-state index contributed by atoms with van der Waals surface area (Å²) in [5.41, 5.74) is -0.642. The first-order valence-corrected chi connectivity index (χ1v) is 11.4. The van der Waals surface area contributed by atoms with E-state index in [2.05, 4.69) is 0 Å². The molecule has 7 nitrogen and oxygen atoms in total. The van der Waals surface area contributed by atoms with E-state index in [1.807, 2.05) is 0 Å². The summed E-state index contributed by atoms with van der Waals surface area (Å²) < 4.78 is 49.9. The van der Waals surface area contributed by atoms with Gasteiger partial charge in [0, 0.05) is 16.8 Å². The van der Waals surface area contributed by atoms with Crippen molar-refractivity contribution in [2.45, 2.75) is 11.6 Å². The molecule has 182 valence electrons. The van der Waals surface area contributed by atoms with Crippen LogP contribution in [0.1, 0.15) is 16.5 Å². The van der Waals surface area contributed by atoms with Gasteiger partial charge in [-0.1, -0.05) is 17.7 Å². The lowest BCUT2D eigenvalue weighted by Gasteiger charge is -2.25. The molecule has 3 aromatic rings. The molecule has 0 saturated carbocycles. The minimum Gasteiger partial charge on any atom is -0.493 e. The number of amides is 1. The minimum atomic E-state index is -4.74. The number of thioether (sulfide) groups is 1. The van der Waals surface area contributed by atoms with Crippen molar-refractivity contribution in [2.24, 2.45) is 0 Å². The van der Waals surface area contributed by atoms with E-state index in [-0.39, 0.29) is 34.3 Å². The highest BCUT2D eigenvalue weighted by Gasteiger charge is 2.35. The summed E-state index contributed by atoms with van der Waals surface area (Å²) in [5, 5.41) is 11.5. The molecule has 0 aliphatic carbocycles. The quantitative estimate of drug-likeness (QED) is 0.259. The van der Waals surface area contributed by atoms with Crippen LogP contribution in [0.3, 0.4) is 0 Å². The smallest absolute Gasteiger partial charge is 0.416 e. The third-order valence-electron chi connectivity index (χ3n) is 5.15. The zero-order chi connectivity index (χ0) is 25.3. The van der Waals surface area contributed by atoms with Gasteiger partial charge in [-0.3, -0.25) is 19.8 Å². The number of benzene rings is 3. The van der Waals surface area contributed by atoms with E-state index >= 15 is 0 Å². The van der Waals surface area contributed by atoms with Crippen LogP contribution in [0.5, 0.6) is 17.2 Å². The number of carbonyl (C=O) groups is 1. The Balaban J connectivity index is 1.66. The number of halogens is 4. The number of ether oxygens (including phenoxy) is 2. The Hall–Kier alpha value is -3.44. The number of alkyl halides is 3. The van der Waals surface area contributed by atoms with Crippen LogP contribution >= 0.6 is 23.4 Å². The normalized spacial score (nSPS) is 15.9. The molecule has 0 spiro atoms. The van der Waals surface area contributed by atoms with Crippen molar-refractivity contribution in [3.05, 3.63) is 86.9 Å². The average Bonchev–Trinajstić information content (AvgIpc) is 3.20. The van der Waals surface area contributed by atoms with Crippen LogP contribution in [-0.2, 0) is 11.0 Å². The van der Waals surface area contributed by atoms with Gasteiger partial charge in [0.15, 0.2) is 11.5 Å². The molecule has 1 atom stereocenters. The van der Waals surface area contributed by atoms with Crippen molar-refractivity contribution in [3.8, 4) is 17.2 Å². The monoisotopic (exact) mass is 524 g/mol. The molecule has 1 aliphatic heterocycles. The molecule has 3 aromatic carbocycles. The lowest BCUT2D eigenvalue weighted by Crippen LogP contribution is -2.27. The summed E-state index contributed by atoms with van der Waals surface area (Å²) >= 11 is 7.36. The van der Waals surface area contributed by atoms with Crippen LogP contribution < -0.4 is 14.4 Å². The molecule has 1 amide bonds. The van der Waals surface area contributed by atoms with E-state index in [1.54, 1.807) is 41.3 Å². The molecule has 4 rings (SSSR count). The Morgan fingerprint density at radius 2 is 1.74 bits per heavy atom. The Labute approximate surface area is 206 Å². The number of methoxy groups -OCH3 is 1. The van der Waals surface area contributed by atoms with Crippen LogP contribution in [0.2, 0.25) is 5.02 Å². The van der Waals surface area contributed by atoms with Gasteiger partial charge in [-0.05, 0) is 54.1 Å². The van der Waals surface area contributed by atoms with Gasteiger partial charge in [-0.2, -0.15) is 13.2 Å². The summed E-state index contributed by atoms with van der Waals surface area (Å²) in [5.74, 6) is 0.0365. The van der Waals surface area contributed by atoms with Crippen LogP contribution in [0.4, 0.5) is 24.5 Å². The lowest BCUT2D eigenvalue weighted by molar-refractivity contribution is -0.385. The average molecular weight is 525 g/mol. The van der Waals surface area contributed by atoms with E-state index < -0.39 is 22.4 Å². The molecule has 1 fully saturated rings. The van der Waals surface area contributed by atoms with Crippen LogP contribution in [0.25, 0.3) is 0 Å². The summed E-state index contributed by atoms with van der Waals surface area (Å²) in [6.07, 6.45) is -4.74. The molecule has 0 radical (unpaired) electrons. The first-order valence-electron chi connectivity index (χ1n) is 9.99. The summed E-state index contributed by atoms with van der Waals surface area (Å²) in [6, 6.07) is 13.6. The molecule has 0 unspecified atom stereocenters. The Bertz CT molecular complexity index is 1290. The standard InChI is InChI=1S/C23H16ClF3N2O5S/c1-33-20-10-13(22-28(21(30)12-35-22)16-6-4-15(24)5-7-16)2-8-19(20)34-18-9-3-14(23(25,26)27)11-17(18)29(31)32/h2-11,22H,12H2,1H3/t22-/m1/s1. The Morgan fingerprint density at radius 3 is 2.37 bits per heavy atom. The number of hydrogen-bond donors (Lipinski definition) is 0. The second kappa shape index (κ2) is 9.67. The first-order chi connectivity index (χ1) is 16.6. The zero-order valence-corrected chi connectivity index (χ0v) is 19.5. The van der Waals surface area contributed by atoms with Gasteiger partial charge in [-0.15, -0.1) is 11.8 Å². The molecule has 1 saturated heterocycles. The highest BCUT2D eigenvalue weighted by molar-refractivity contribution is 8.00. The van der Waals surface area contributed by atoms with Crippen molar-refractivity contribution < 1.29 is 32.4 Å². The predicted octanol–water partition coefficient (Wildman–Crippen LogP) is 6.85. The van der Waals surface area contributed by atoms with Crippen molar-refractivity contribution in [1.29, 1.82) is 0 Å². The summed E-state index contributed by atoms with van der Waals surface area (Å²) in [7, 11) is 1.36. The number of rotatable bonds is 6. The molecule has 35 heavy (non-hydrogen) atoms. The van der Waals surface area contributed by atoms with Crippen LogP contribution in [-0.4, -0.2) is 23.7 Å². The van der Waals surface area contributed by atoms with E-state index in [0.717, 1.165) is 6.07 Å². The largest absolute Gasteiger partial charge is 0.493 e. The molecule has 0 aromatic heterocycles. The lowest BCUT2D eigenvalue weighted by atomic mass is 10.1. The third-order valence-corrected chi connectivity index (χ3v) is 6.61. The predicted molar refractivity (Wildman–Crippen MR) is 125 cm³/mol. The maximum atomic E-state index is 13.0. The Kier molecular flexibility index (Phi) is 6.82. The van der Waals surface area contributed by atoms with Crippen molar-refractivity contribution in [2.75, 3.05) is 17.8 Å². The maximum Gasteiger partial charge on any atom is 0.416 e. The van der Waals surface area contributed by atoms with Gasteiger partial charge in [0.05, 0.1) is 23.3 Å². The number of nitro groups is 1. The topological polar surface area (TPSA) is 81.9 Å². The fourth-order valence-corrected chi connectivity index (χ4v) is 4.81. The molecule has 0 N–H and O–H groups in total. The zero-order valence-electron chi connectivity index (χ0n) is 17.9. The maximum absolute atomic E-state index is 13.0. The fourth-order valence-electron chi connectivity index (χ4n) is 3.51. The van der Waals surface area contributed by atoms with Crippen LogP contribution in [0, 0.1) is 10.1 Å². The Morgan fingerprint density at radius 1 is 1.06 bits per heavy atom. The van der Waals surface area contributed by atoms with Gasteiger partial charge >= 0.3 is 11.9 Å². The van der Waals surface area contributed by atoms with Gasteiger partial charge < -0.3 is 9.47 Å². The van der Waals surface area contributed by atoms with Gasteiger partial charge in [0.2, 0.25) is 11.7 Å². The fraction of sp³-hybridized carbons (Fsp3) is 0.174. The molecular weight excluding hydrogens is 509 g/mol. The second-order valence-electron chi connectivity index (χ2n) is 7.35. The molecule has 1 aliphatic rings. The highest BCUT2D eigenvalue weighted by atomic mass is 35.5. The van der Waals surface area contributed by atoms with Gasteiger partial charge in [-0.25, -0.2) is 0 Å². The number of nitrogens with zero attached hydrogens (tertiary/aromatic N) is 2. The van der Waals surface area contributed by atoms with Gasteiger partial charge in [0.25, 0.3) is 0 Å². The van der Waals surface area contributed by atoms with Crippen molar-refractivity contribution in [3.63, 3.8) is 0 Å². The van der Waals surface area contributed by atoms with Crippen LogP contribution in [0.15, 0.2) is 60.7 Å². The van der Waals surface area contributed by atoms with Gasteiger partial charge in [0.1, 0.15) is 5.37 Å². The SMILES string of the molecule is COc1cc([C@H]2SCC(=O)N2c2ccc(Cl)cc2)ccc1Oc1ccc(C(F)(F)F)cc1[N+](=O)[O-]. The molecule has 0 bridgehead atoms. The van der Waals surface area contributed by atoms with E-state index in [9.17, 15) is 28.1 Å². The third kappa shape index (κ3) is 5.15. The summed E-state index contributed by atoms with van der Waals surface area (Å²) in [4.78, 5) is 24.6. The second-order valence-corrected chi connectivity index (χ2v) is 8.86. The summed E-state index contributed by atoms with van der Waals surface area (Å²) in [6.45, 7) is 0. The molecule has 1 heterocycles. The van der Waals surface area contributed by atoms with Crippen molar-refractivity contribution >= 4 is 40.6 Å². The van der Waals surface area contributed by atoms with E-state index in [4.69, 9.17) is 21.1 Å². The first kappa shape index (κ1) is 24.7. The highest BCUT2D eigenvalue weighted by Crippen LogP contribution is 2.45. The number of anilines is 1. The minimum absolute atomic E-state index is 0.0616. The van der Waals surface area contributed by atoms with E-state index in [0.29, 0.717) is 28.4 Å².